The van der Waals surface area contributed by atoms with E-state index in [1.165, 1.54) is 0 Å². The molecule has 5 heteroatoms. The summed E-state index contributed by atoms with van der Waals surface area (Å²) in [6.45, 7) is 4.34. The number of hydrogen-bond donors (Lipinski definition) is 0. The predicted molar refractivity (Wildman–Crippen MR) is 107 cm³/mol. The summed E-state index contributed by atoms with van der Waals surface area (Å²) in [5, 5.41) is 0.930. The number of aromatic nitrogens is 1. The molecule has 4 nitrogen and oxygen atoms in total. The van der Waals surface area contributed by atoms with Crippen molar-refractivity contribution in [2.45, 2.75) is 44.0 Å². The number of ketones is 1. The van der Waals surface area contributed by atoms with E-state index in [9.17, 15) is 13.2 Å². The van der Waals surface area contributed by atoms with Gasteiger partial charge in [-0.2, -0.15) is 0 Å². The summed E-state index contributed by atoms with van der Waals surface area (Å²) >= 11 is 0. The molecule has 0 aliphatic carbocycles. The molecule has 140 valence electrons. The Kier molecular flexibility index (Phi) is 4.42. The van der Waals surface area contributed by atoms with Crippen molar-refractivity contribution in [1.29, 1.82) is 0 Å². The molecular weight excluding hydrogens is 358 g/mol. The van der Waals surface area contributed by atoms with Gasteiger partial charge in [0.25, 0.3) is 0 Å². The first-order valence-electron chi connectivity index (χ1n) is 9.30. The van der Waals surface area contributed by atoms with Gasteiger partial charge in [0.1, 0.15) is 0 Å². The minimum atomic E-state index is -3.42. The van der Waals surface area contributed by atoms with Gasteiger partial charge >= 0.3 is 0 Å². The normalized spacial score (nSPS) is 17.0. The first kappa shape index (κ1) is 18.0. The second kappa shape index (κ2) is 6.64. The van der Waals surface area contributed by atoms with Gasteiger partial charge in [-0.25, -0.2) is 8.42 Å². The molecule has 3 aromatic rings. The quantitative estimate of drug-likeness (QED) is 0.625. The van der Waals surface area contributed by atoms with Crippen molar-refractivity contribution in [1.82, 2.24) is 4.57 Å². The van der Waals surface area contributed by atoms with Crippen LogP contribution in [0.2, 0.25) is 0 Å². The van der Waals surface area contributed by atoms with E-state index < -0.39 is 9.84 Å². The van der Waals surface area contributed by atoms with Crippen LogP contribution in [0, 0.1) is 6.92 Å². The van der Waals surface area contributed by atoms with Crippen LogP contribution in [0.25, 0.3) is 10.9 Å². The van der Waals surface area contributed by atoms with Gasteiger partial charge in [0.05, 0.1) is 10.6 Å². The zero-order valence-corrected chi connectivity index (χ0v) is 16.4. The maximum absolute atomic E-state index is 13.0. The lowest BCUT2D eigenvalue weighted by molar-refractivity contribution is 0.101. The maximum Gasteiger partial charge on any atom is 0.179 e. The van der Waals surface area contributed by atoms with Crippen molar-refractivity contribution >= 4 is 26.5 Å². The molecule has 0 bridgehead atoms. The third-order valence-electron chi connectivity index (χ3n) is 5.48. The number of carbonyl (C=O) groups excluding carboxylic acids is 1. The summed E-state index contributed by atoms with van der Waals surface area (Å²) in [4.78, 5) is 12.8. The minimum absolute atomic E-state index is 0.000385. The molecule has 1 aliphatic rings. The van der Waals surface area contributed by atoms with Crippen molar-refractivity contribution in [3.63, 3.8) is 0 Å². The molecule has 27 heavy (non-hydrogen) atoms. The molecule has 0 radical (unpaired) electrons. The van der Waals surface area contributed by atoms with Crippen LogP contribution in [0.3, 0.4) is 0 Å². The van der Waals surface area contributed by atoms with Gasteiger partial charge in [0, 0.05) is 34.6 Å². The van der Waals surface area contributed by atoms with Crippen LogP contribution < -0.4 is 0 Å². The van der Waals surface area contributed by atoms with Crippen LogP contribution >= 0.6 is 0 Å². The number of rotatable bonds is 4. The van der Waals surface area contributed by atoms with Gasteiger partial charge in [0.2, 0.25) is 0 Å². The monoisotopic (exact) mass is 381 g/mol. The average Bonchev–Trinajstić information content (AvgIpc) is 2.98. The minimum Gasteiger partial charge on any atom is -0.344 e. The number of para-hydroxylation sites is 1. The van der Waals surface area contributed by atoms with E-state index in [1.54, 1.807) is 19.1 Å². The number of carbonyl (C=O) groups is 1. The van der Waals surface area contributed by atoms with E-state index in [0.717, 1.165) is 41.5 Å². The van der Waals surface area contributed by atoms with E-state index in [-0.39, 0.29) is 17.5 Å². The average molecular weight is 381 g/mol. The van der Waals surface area contributed by atoms with Crippen molar-refractivity contribution < 1.29 is 13.2 Å². The lowest BCUT2D eigenvalue weighted by atomic mass is 9.93. The molecule has 1 atom stereocenters. The van der Waals surface area contributed by atoms with E-state index in [0.29, 0.717) is 10.5 Å². The summed E-state index contributed by atoms with van der Waals surface area (Å²) in [6, 6.07) is 14.9. The number of benzene rings is 2. The van der Waals surface area contributed by atoms with Crippen LogP contribution in [-0.4, -0.2) is 24.5 Å². The van der Waals surface area contributed by atoms with E-state index >= 15 is 0 Å². The summed E-state index contributed by atoms with van der Waals surface area (Å²) in [5.41, 5.74) is 3.64. The lowest BCUT2D eigenvalue weighted by Crippen LogP contribution is -2.24. The number of nitrogens with zero attached hydrogens (tertiary/aromatic N) is 1. The van der Waals surface area contributed by atoms with Gasteiger partial charge in [-0.05, 0) is 44.9 Å². The Morgan fingerprint density at radius 1 is 1.11 bits per heavy atom. The molecule has 4 rings (SSSR count). The SMILES string of the molecule is CC(=O)c1c2n(c3ccccc13)CCCC2CS(=O)(=O)c1ccc(C)cc1. The van der Waals surface area contributed by atoms with E-state index in [1.807, 2.05) is 43.3 Å². The van der Waals surface area contributed by atoms with Gasteiger partial charge in [-0.3, -0.25) is 4.79 Å². The van der Waals surface area contributed by atoms with Crippen molar-refractivity contribution in [3.8, 4) is 0 Å². The maximum atomic E-state index is 13.0. The van der Waals surface area contributed by atoms with Crippen molar-refractivity contribution in [3.05, 3.63) is 65.4 Å². The summed E-state index contributed by atoms with van der Waals surface area (Å²) in [6.07, 6.45) is 1.69. The molecule has 1 unspecified atom stereocenters. The van der Waals surface area contributed by atoms with Gasteiger partial charge in [0.15, 0.2) is 15.6 Å². The third kappa shape index (κ3) is 3.10. The van der Waals surface area contributed by atoms with Gasteiger partial charge in [-0.1, -0.05) is 35.9 Å². The Morgan fingerprint density at radius 3 is 2.52 bits per heavy atom. The Balaban J connectivity index is 1.82. The molecule has 0 amide bonds. The highest BCUT2D eigenvalue weighted by Gasteiger charge is 2.32. The Morgan fingerprint density at radius 2 is 1.81 bits per heavy atom. The molecule has 0 fully saturated rings. The molecule has 2 aromatic carbocycles. The standard InChI is InChI=1S/C22H23NO3S/c1-15-9-11-18(12-10-15)27(25,26)14-17-6-5-13-23-20-8-4-3-7-19(20)21(16(2)24)22(17)23/h3-4,7-12,17H,5-6,13-14H2,1-2H3. The number of aryl methyl sites for hydroxylation is 2. The van der Waals surface area contributed by atoms with Crippen LogP contribution in [0.4, 0.5) is 0 Å². The van der Waals surface area contributed by atoms with Crippen LogP contribution in [0.15, 0.2) is 53.4 Å². The third-order valence-corrected chi connectivity index (χ3v) is 7.32. The topological polar surface area (TPSA) is 56.1 Å². The summed E-state index contributed by atoms with van der Waals surface area (Å²) in [5.74, 6) is -0.136. The van der Waals surface area contributed by atoms with Crippen LogP contribution in [-0.2, 0) is 16.4 Å². The zero-order chi connectivity index (χ0) is 19.2. The molecule has 0 spiro atoms. The summed E-state index contributed by atoms with van der Waals surface area (Å²) in [7, 11) is -3.42. The fraction of sp³-hybridized carbons (Fsp3) is 0.318. The molecular formula is C22H23NO3S. The van der Waals surface area contributed by atoms with Crippen LogP contribution in [0.5, 0.6) is 0 Å². The van der Waals surface area contributed by atoms with E-state index in [4.69, 9.17) is 0 Å². The fourth-order valence-electron chi connectivity index (χ4n) is 4.26. The highest BCUT2D eigenvalue weighted by atomic mass is 32.2. The highest BCUT2D eigenvalue weighted by molar-refractivity contribution is 7.91. The first-order chi connectivity index (χ1) is 12.9. The summed E-state index contributed by atoms with van der Waals surface area (Å²) < 4.78 is 28.2. The smallest absolute Gasteiger partial charge is 0.179 e. The Hall–Kier alpha value is -2.40. The van der Waals surface area contributed by atoms with Crippen molar-refractivity contribution in [2.24, 2.45) is 0 Å². The van der Waals surface area contributed by atoms with Gasteiger partial charge < -0.3 is 4.57 Å². The largest absolute Gasteiger partial charge is 0.344 e. The molecule has 1 aliphatic heterocycles. The molecule has 2 heterocycles. The second-order valence-electron chi connectivity index (χ2n) is 7.42. The van der Waals surface area contributed by atoms with Gasteiger partial charge in [-0.15, -0.1) is 0 Å². The first-order valence-corrected chi connectivity index (χ1v) is 10.9. The second-order valence-corrected chi connectivity index (χ2v) is 9.45. The molecule has 0 N–H and O–H groups in total. The zero-order valence-electron chi connectivity index (χ0n) is 15.6. The fourth-order valence-corrected chi connectivity index (χ4v) is 5.86. The number of Topliss-reactive ketones (excluding diaryl/α,β-unsaturated/α-hetero) is 1. The number of fused-ring (bicyclic) bond motifs is 3. The van der Waals surface area contributed by atoms with E-state index in [2.05, 4.69) is 4.57 Å². The number of hydrogen-bond acceptors (Lipinski definition) is 3. The number of sulfone groups is 1. The van der Waals surface area contributed by atoms with Crippen molar-refractivity contribution in [2.75, 3.05) is 5.75 Å². The Bertz CT molecular complexity index is 1120. The van der Waals surface area contributed by atoms with Crippen LogP contribution in [0.1, 0.15) is 47.3 Å². The highest BCUT2D eigenvalue weighted by Crippen LogP contribution is 2.38. The lowest BCUT2D eigenvalue weighted by Gasteiger charge is -2.26. The molecule has 1 aromatic heterocycles. The Labute approximate surface area is 159 Å². The molecule has 0 saturated carbocycles. The molecule has 0 saturated heterocycles. The predicted octanol–water partition coefficient (Wildman–Crippen LogP) is 4.50.